The van der Waals surface area contributed by atoms with Gasteiger partial charge in [0, 0.05) is 17.6 Å². The summed E-state index contributed by atoms with van der Waals surface area (Å²) in [5, 5.41) is 0. The number of rotatable bonds is 3. The minimum atomic E-state index is 0.399. The van der Waals surface area contributed by atoms with Crippen molar-refractivity contribution in [3.63, 3.8) is 0 Å². The van der Waals surface area contributed by atoms with E-state index in [2.05, 4.69) is 23.1 Å². The van der Waals surface area contributed by atoms with Gasteiger partial charge in [-0.3, -0.25) is 0 Å². The largest absolute Gasteiger partial charge is 0.399 e. The Balaban J connectivity index is 1.87. The summed E-state index contributed by atoms with van der Waals surface area (Å²) < 4.78 is 0. The van der Waals surface area contributed by atoms with Gasteiger partial charge in [0.15, 0.2) is 0 Å². The zero-order valence-corrected chi connectivity index (χ0v) is 10.5. The highest BCUT2D eigenvalue weighted by Crippen LogP contribution is 2.42. The lowest BCUT2D eigenvalue weighted by Crippen LogP contribution is -2.46. The molecule has 0 radical (unpaired) electrons. The van der Waals surface area contributed by atoms with Crippen LogP contribution < -0.4 is 5.73 Å². The molecule has 1 saturated carbocycles. The van der Waals surface area contributed by atoms with E-state index >= 15 is 0 Å². The van der Waals surface area contributed by atoms with Crippen molar-refractivity contribution in [3.05, 3.63) is 29.8 Å². The van der Waals surface area contributed by atoms with E-state index < -0.39 is 0 Å². The van der Waals surface area contributed by atoms with Crippen molar-refractivity contribution in [2.45, 2.75) is 37.5 Å². The highest BCUT2D eigenvalue weighted by atomic mass is 15.2. The molecule has 2 nitrogen and oxygen atoms in total. The summed E-state index contributed by atoms with van der Waals surface area (Å²) >= 11 is 0. The van der Waals surface area contributed by atoms with E-state index in [4.69, 9.17) is 5.73 Å². The molecule has 1 aliphatic heterocycles. The lowest BCUT2D eigenvalue weighted by Gasteiger charge is -2.40. The van der Waals surface area contributed by atoms with Crippen LogP contribution in [0, 0.1) is 0 Å². The molecule has 0 aromatic heterocycles. The van der Waals surface area contributed by atoms with Crippen LogP contribution in [0.15, 0.2) is 24.3 Å². The van der Waals surface area contributed by atoms with Crippen molar-refractivity contribution >= 4 is 5.69 Å². The summed E-state index contributed by atoms with van der Waals surface area (Å²) in [6.45, 7) is 3.84. The van der Waals surface area contributed by atoms with Crippen LogP contribution in [0.2, 0.25) is 0 Å². The Kier molecular flexibility index (Phi) is 2.83. The Morgan fingerprint density at radius 3 is 2.47 bits per heavy atom. The molecule has 1 aromatic carbocycles. The van der Waals surface area contributed by atoms with Crippen molar-refractivity contribution < 1.29 is 0 Å². The molecule has 3 rings (SSSR count). The number of nitrogens with two attached hydrogens (primary N) is 1. The fourth-order valence-electron chi connectivity index (χ4n) is 3.43. The second kappa shape index (κ2) is 4.34. The topological polar surface area (TPSA) is 29.3 Å². The third kappa shape index (κ3) is 2.06. The molecule has 1 aromatic rings. The predicted molar refractivity (Wildman–Crippen MR) is 72.1 cm³/mol. The zero-order valence-electron chi connectivity index (χ0n) is 10.5. The number of hydrogen-bond donors (Lipinski definition) is 1. The fourth-order valence-corrected chi connectivity index (χ4v) is 3.43. The van der Waals surface area contributed by atoms with E-state index in [0.29, 0.717) is 5.41 Å². The third-order valence-electron chi connectivity index (χ3n) is 4.53. The third-order valence-corrected chi connectivity index (χ3v) is 4.53. The maximum absolute atomic E-state index is 5.95. The van der Waals surface area contributed by atoms with Crippen LogP contribution in [-0.4, -0.2) is 24.5 Å². The minimum absolute atomic E-state index is 0.399. The standard InChI is InChI=1S/C15H22N2/c16-14-6-3-5-13(11-14)15(7-1-2-8-15)12-17-9-4-10-17/h3,5-6,11H,1-2,4,7-10,12,16H2. The Morgan fingerprint density at radius 2 is 1.88 bits per heavy atom. The van der Waals surface area contributed by atoms with Crippen LogP contribution in [0.4, 0.5) is 5.69 Å². The average molecular weight is 230 g/mol. The smallest absolute Gasteiger partial charge is 0.0316 e. The summed E-state index contributed by atoms with van der Waals surface area (Å²) in [4.78, 5) is 2.61. The highest BCUT2D eigenvalue weighted by molar-refractivity contribution is 5.44. The van der Waals surface area contributed by atoms with Gasteiger partial charge in [0.05, 0.1) is 0 Å². The van der Waals surface area contributed by atoms with E-state index in [1.54, 1.807) is 0 Å². The molecule has 92 valence electrons. The van der Waals surface area contributed by atoms with E-state index in [-0.39, 0.29) is 0 Å². The summed E-state index contributed by atoms with van der Waals surface area (Å²) in [7, 11) is 0. The Hall–Kier alpha value is -1.02. The molecule has 17 heavy (non-hydrogen) atoms. The van der Waals surface area contributed by atoms with Crippen molar-refractivity contribution in [1.29, 1.82) is 0 Å². The normalized spacial score (nSPS) is 23.5. The van der Waals surface area contributed by atoms with E-state index in [9.17, 15) is 0 Å². The van der Waals surface area contributed by atoms with Gasteiger partial charge in [-0.1, -0.05) is 25.0 Å². The van der Waals surface area contributed by atoms with Gasteiger partial charge in [-0.15, -0.1) is 0 Å². The SMILES string of the molecule is Nc1cccc(C2(CN3CCC3)CCCC2)c1. The molecule has 0 unspecified atom stereocenters. The quantitative estimate of drug-likeness (QED) is 0.809. The first kappa shape index (κ1) is 11.1. The van der Waals surface area contributed by atoms with Gasteiger partial charge < -0.3 is 10.6 Å². The van der Waals surface area contributed by atoms with Gasteiger partial charge >= 0.3 is 0 Å². The molecule has 0 atom stereocenters. The molecule has 0 bridgehead atoms. The van der Waals surface area contributed by atoms with Gasteiger partial charge in [0.25, 0.3) is 0 Å². The zero-order chi connectivity index (χ0) is 11.7. The first-order valence-electron chi connectivity index (χ1n) is 6.87. The average Bonchev–Trinajstić information content (AvgIpc) is 2.73. The Labute approximate surface area is 104 Å². The number of nitrogen functional groups attached to an aromatic ring is 1. The molecular formula is C15H22N2. The fraction of sp³-hybridized carbons (Fsp3) is 0.600. The first-order valence-corrected chi connectivity index (χ1v) is 6.87. The second-order valence-electron chi connectivity index (χ2n) is 5.74. The van der Waals surface area contributed by atoms with Crippen LogP contribution in [0.5, 0.6) is 0 Å². The second-order valence-corrected chi connectivity index (χ2v) is 5.74. The number of anilines is 1. The molecular weight excluding hydrogens is 208 g/mol. The van der Waals surface area contributed by atoms with Gasteiger partial charge in [-0.05, 0) is 50.0 Å². The molecule has 2 aliphatic rings. The molecule has 1 saturated heterocycles. The lowest BCUT2D eigenvalue weighted by atomic mass is 9.77. The van der Waals surface area contributed by atoms with Crippen LogP contribution in [-0.2, 0) is 5.41 Å². The predicted octanol–water partition coefficient (Wildman–Crippen LogP) is 2.79. The number of hydrogen-bond acceptors (Lipinski definition) is 2. The van der Waals surface area contributed by atoms with Crippen LogP contribution in [0.25, 0.3) is 0 Å². The Bertz CT molecular complexity index is 390. The molecule has 0 spiro atoms. The van der Waals surface area contributed by atoms with Gasteiger partial charge in [0.1, 0.15) is 0 Å². The minimum Gasteiger partial charge on any atom is -0.399 e. The van der Waals surface area contributed by atoms with Crippen molar-refractivity contribution in [2.24, 2.45) is 0 Å². The number of nitrogens with zero attached hydrogens (tertiary/aromatic N) is 1. The molecule has 1 aliphatic carbocycles. The van der Waals surface area contributed by atoms with Gasteiger partial charge in [0.2, 0.25) is 0 Å². The summed E-state index contributed by atoms with van der Waals surface area (Å²) in [6, 6.07) is 8.59. The summed E-state index contributed by atoms with van der Waals surface area (Å²) in [5.41, 5.74) is 8.74. The molecule has 2 heteroatoms. The molecule has 2 N–H and O–H groups in total. The van der Waals surface area contributed by atoms with Crippen molar-refractivity contribution in [3.8, 4) is 0 Å². The molecule has 0 amide bonds. The number of benzene rings is 1. The molecule has 2 fully saturated rings. The van der Waals surface area contributed by atoms with Crippen LogP contribution >= 0.6 is 0 Å². The molecule has 1 heterocycles. The lowest BCUT2D eigenvalue weighted by molar-refractivity contribution is 0.136. The first-order chi connectivity index (χ1) is 8.28. The van der Waals surface area contributed by atoms with Crippen LogP contribution in [0.3, 0.4) is 0 Å². The van der Waals surface area contributed by atoms with Crippen LogP contribution in [0.1, 0.15) is 37.7 Å². The van der Waals surface area contributed by atoms with Crippen molar-refractivity contribution in [1.82, 2.24) is 4.90 Å². The number of likely N-dealkylation sites (tertiary alicyclic amines) is 1. The van der Waals surface area contributed by atoms with E-state index in [1.807, 2.05) is 6.07 Å². The summed E-state index contributed by atoms with van der Waals surface area (Å²) in [6.07, 6.45) is 6.82. The summed E-state index contributed by atoms with van der Waals surface area (Å²) in [5.74, 6) is 0. The monoisotopic (exact) mass is 230 g/mol. The van der Waals surface area contributed by atoms with E-state index in [1.165, 1.54) is 57.3 Å². The van der Waals surface area contributed by atoms with Gasteiger partial charge in [-0.2, -0.15) is 0 Å². The highest BCUT2D eigenvalue weighted by Gasteiger charge is 2.38. The Morgan fingerprint density at radius 1 is 1.12 bits per heavy atom. The maximum atomic E-state index is 5.95. The van der Waals surface area contributed by atoms with Crippen molar-refractivity contribution in [2.75, 3.05) is 25.4 Å². The maximum Gasteiger partial charge on any atom is 0.0316 e. The van der Waals surface area contributed by atoms with E-state index in [0.717, 1.165) is 5.69 Å². The van der Waals surface area contributed by atoms with Gasteiger partial charge in [-0.25, -0.2) is 0 Å².